The molecule has 1 heterocycles. The van der Waals surface area contributed by atoms with Crippen molar-refractivity contribution in [2.45, 2.75) is 78.6 Å². The number of ether oxygens (including phenoxy) is 2. The molecular weight excluding hydrogens is 492 g/mol. The number of likely N-dealkylation sites (tertiary alicyclic amines) is 1. The minimum atomic E-state index is -3.01. The molecule has 2 fully saturated rings. The van der Waals surface area contributed by atoms with Gasteiger partial charge >= 0.3 is 18.7 Å². The monoisotopic (exact) mass is 529 g/mol. The van der Waals surface area contributed by atoms with Gasteiger partial charge in [-0.2, -0.15) is 8.78 Å². The molecule has 2 aliphatic rings. The lowest BCUT2D eigenvalue weighted by atomic mass is 9.60. The summed E-state index contributed by atoms with van der Waals surface area (Å²) in [5.41, 5.74) is 2.11. The Kier molecular flexibility index (Phi) is 7.59. The fraction of sp³-hybridized carbons (Fsp3) is 0.517. The summed E-state index contributed by atoms with van der Waals surface area (Å²) in [7, 11) is 0. The van der Waals surface area contributed by atoms with Gasteiger partial charge in [-0.15, -0.1) is 0 Å². The summed E-state index contributed by atoms with van der Waals surface area (Å²) in [4.78, 5) is 29.7. The van der Waals surface area contributed by atoms with Crippen LogP contribution < -0.4 is 15.0 Å². The Morgan fingerprint density at radius 1 is 1.11 bits per heavy atom. The molecule has 206 valence electrons. The average Bonchev–Trinajstić information content (AvgIpc) is 2.74. The minimum Gasteiger partial charge on any atom is -0.444 e. The smallest absolute Gasteiger partial charge is 0.410 e. The van der Waals surface area contributed by atoms with Crippen molar-refractivity contribution in [3.05, 3.63) is 53.6 Å². The van der Waals surface area contributed by atoms with Crippen LogP contribution >= 0.6 is 0 Å². The second kappa shape index (κ2) is 10.4. The molecule has 3 amide bonds. The third-order valence-electron chi connectivity index (χ3n) is 7.04. The number of para-hydroxylation sites is 1. The number of carbonyl (C=O) groups excluding carboxylic acids is 2. The third kappa shape index (κ3) is 6.03. The highest BCUT2D eigenvalue weighted by Gasteiger charge is 2.56. The Balaban J connectivity index is 1.55. The average molecular weight is 530 g/mol. The summed E-state index contributed by atoms with van der Waals surface area (Å²) in [6.45, 7) is 9.59. The van der Waals surface area contributed by atoms with Crippen LogP contribution in [0.15, 0.2) is 42.5 Å². The first-order valence-corrected chi connectivity index (χ1v) is 13.0. The predicted molar refractivity (Wildman–Crippen MR) is 143 cm³/mol. The number of nitrogens with zero attached hydrogens (tertiary/aromatic N) is 2. The fourth-order valence-electron chi connectivity index (χ4n) is 5.37. The van der Waals surface area contributed by atoms with Gasteiger partial charge in [0.15, 0.2) is 0 Å². The van der Waals surface area contributed by atoms with E-state index in [-0.39, 0.29) is 34.9 Å². The highest BCUT2D eigenvalue weighted by molar-refractivity contribution is 6.03. The molecule has 1 aliphatic carbocycles. The van der Waals surface area contributed by atoms with E-state index in [1.165, 1.54) is 6.07 Å². The number of anilines is 2. The molecule has 1 saturated carbocycles. The molecule has 1 N–H and O–H groups in total. The molecule has 0 unspecified atom stereocenters. The van der Waals surface area contributed by atoms with E-state index < -0.39 is 18.2 Å². The van der Waals surface area contributed by atoms with Crippen molar-refractivity contribution in [3.8, 4) is 5.75 Å². The summed E-state index contributed by atoms with van der Waals surface area (Å²) < 4.78 is 36.3. The number of hydrogen-bond donors (Lipinski definition) is 1. The Bertz CT molecular complexity index is 1180. The van der Waals surface area contributed by atoms with E-state index in [1.807, 2.05) is 45.0 Å². The van der Waals surface area contributed by atoms with Crippen molar-refractivity contribution >= 4 is 23.5 Å². The van der Waals surface area contributed by atoms with E-state index in [0.29, 0.717) is 13.1 Å². The largest absolute Gasteiger partial charge is 0.444 e. The van der Waals surface area contributed by atoms with Gasteiger partial charge in [-0.1, -0.05) is 38.1 Å². The van der Waals surface area contributed by atoms with E-state index in [4.69, 9.17) is 4.74 Å². The number of carbonyl (C=O) groups is 2. The normalized spacial score (nSPS) is 16.7. The van der Waals surface area contributed by atoms with Crippen LogP contribution in [-0.2, 0) is 4.74 Å². The van der Waals surface area contributed by atoms with Crippen LogP contribution in [-0.4, -0.2) is 48.4 Å². The van der Waals surface area contributed by atoms with Crippen LogP contribution in [0.4, 0.5) is 29.7 Å². The van der Waals surface area contributed by atoms with E-state index in [9.17, 15) is 18.4 Å². The zero-order valence-corrected chi connectivity index (χ0v) is 22.9. The van der Waals surface area contributed by atoms with Gasteiger partial charge in [0.05, 0.1) is 5.69 Å². The van der Waals surface area contributed by atoms with Gasteiger partial charge in [-0.25, -0.2) is 9.59 Å². The Hall–Kier alpha value is -3.36. The number of halogens is 2. The first kappa shape index (κ1) is 27.7. The van der Waals surface area contributed by atoms with Gasteiger partial charge < -0.3 is 19.7 Å². The molecule has 1 aliphatic heterocycles. The number of aryl methyl sites for hydroxylation is 1. The number of urea groups is 1. The van der Waals surface area contributed by atoms with Crippen molar-refractivity contribution < 1.29 is 27.8 Å². The van der Waals surface area contributed by atoms with E-state index >= 15 is 0 Å². The van der Waals surface area contributed by atoms with Crippen LogP contribution in [0.5, 0.6) is 5.75 Å². The summed E-state index contributed by atoms with van der Waals surface area (Å²) in [6, 6.07) is 12.0. The Morgan fingerprint density at radius 3 is 2.37 bits per heavy atom. The van der Waals surface area contributed by atoms with Gasteiger partial charge in [0.1, 0.15) is 11.4 Å². The molecule has 0 bridgehead atoms. The summed E-state index contributed by atoms with van der Waals surface area (Å²) in [5.74, 6) is 0.0847. The second-order valence-corrected chi connectivity index (χ2v) is 11.8. The zero-order valence-electron chi connectivity index (χ0n) is 22.9. The third-order valence-corrected chi connectivity index (χ3v) is 7.04. The van der Waals surface area contributed by atoms with Gasteiger partial charge in [0.25, 0.3) is 0 Å². The minimum absolute atomic E-state index is 0.0549. The summed E-state index contributed by atoms with van der Waals surface area (Å²) in [5, 5.41) is 2.82. The molecule has 9 heteroatoms. The standard InChI is InChI=1S/C29H37F2N3O4/c1-18(2)21-9-7-8-10-23(21)34(26(35)32-22-12-11-19(3)13-24(22)37-25(30)31)20-14-29(15-20)16-33(17-29)27(36)38-28(4,5)6/h7-13,18,20,25H,14-17H2,1-6H3,(H,32,35). The maximum Gasteiger partial charge on any atom is 0.410 e. The number of hydrogen-bond acceptors (Lipinski definition) is 4. The topological polar surface area (TPSA) is 71.1 Å². The summed E-state index contributed by atoms with van der Waals surface area (Å²) >= 11 is 0. The lowest BCUT2D eigenvalue weighted by Gasteiger charge is -2.60. The molecule has 0 radical (unpaired) electrons. The van der Waals surface area contributed by atoms with Gasteiger partial charge in [0, 0.05) is 30.2 Å². The highest BCUT2D eigenvalue weighted by Crippen LogP contribution is 2.52. The number of benzene rings is 2. The number of rotatable bonds is 6. The van der Waals surface area contributed by atoms with Crippen molar-refractivity contribution in [3.63, 3.8) is 0 Å². The predicted octanol–water partition coefficient (Wildman–Crippen LogP) is 7.16. The molecule has 4 rings (SSSR count). The van der Waals surface area contributed by atoms with Crippen molar-refractivity contribution in [1.29, 1.82) is 0 Å². The second-order valence-electron chi connectivity index (χ2n) is 11.8. The van der Waals surface area contributed by atoms with Gasteiger partial charge in [-0.3, -0.25) is 4.90 Å². The van der Waals surface area contributed by atoms with Crippen LogP contribution in [0, 0.1) is 12.3 Å². The first-order valence-electron chi connectivity index (χ1n) is 13.0. The molecule has 1 spiro atoms. The molecule has 1 saturated heterocycles. The van der Waals surface area contributed by atoms with Crippen LogP contribution in [0.1, 0.15) is 64.5 Å². The van der Waals surface area contributed by atoms with E-state index in [1.54, 1.807) is 28.9 Å². The maximum absolute atomic E-state index is 13.8. The van der Waals surface area contributed by atoms with Gasteiger partial charge in [-0.05, 0) is 75.8 Å². The molecule has 38 heavy (non-hydrogen) atoms. The summed E-state index contributed by atoms with van der Waals surface area (Å²) in [6.07, 6.45) is 1.12. The SMILES string of the molecule is Cc1ccc(NC(=O)N(c2ccccc2C(C)C)C2CC3(C2)CN(C(=O)OC(C)(C)C)C3)c(OC(F)F)c1. The molecular formula is C29H37F2N3O4. The number of amides is 3. The van der Waals surface area contributed by atoms with Gasteiger partial charge in [0.2, 0.25) is 0 Å². The van der Waals surface area contributed by atoms with E-state index in [2.05, 4.69) is 23.9 Å². The molecule has 7 nitrogen and oxygen atoms in total. The maximum atomic E-state index is 13.8. The molecule has 2 aromatic rings. The number of alkyl halides is 2. The van der Waals surface area contributed by atoms with Crippen molar-refractivity contribution in [1.82, 2.24) is 4.90 Å². The highest BCUT2D eigenvalue weighted by atomic mass is 19.3. The lowest BCUT2D eigenvalue weighted by Crippen LogP contribution is -2.68. The molecule has 0 aromatic heterocycles. The van der Waals surface area contributed by atoms with Crippen LogP contribution in [0.25, 0.3) is 0 Å². The zero-order chi connectivity index (χ0) is 27.8. The quantitative estimate of drug-likeness (QED) is 0.431. The lowest BCUT2D eigenvalue weighted by molar-refractivity contribution is -0.0768. The Labute approximate surface area is 223 Å². The first-order chi connectivity index (χ1) is 17.8. The fourth-order valence-corrected chi connectivity index (χ4v) is 5.37. The van der Waals surface area contributed by atoms with E-state index in [0.717, 1.165) is 29.7 Å². The number of nitrogens with one attached hydrogen (secondary N) is 1. The Morgan fingerprint density at radius 2 is 1.76 bits per heavy atom. The van der Waals surface area contributed by atoms with Crippen LogP contribution in [0.2, 0.25) is 0 Å². The molecule has 2 aromatic carbocycles. The van der Waals surface area contributed by atoms with Crippen LogP contribution in [0.3, 0.4) is 0 Å². The molecule has 0 atom stereocenters. The van der Waals surface area contributed by atoms with Crippen molar-refractivity contribution in [2.75, 3.05) is 23.3 Å². The van der Waals surface area contributed by atoms with Crippen molar-refractivity contribution in [2.24, 2.45) is 5.41 Å².